The van der Waals surface area contributed by atoms with Crippen LogP contribution in [0.3, 0.4) is 0 Å². The Hall–Kier alpha value is -1.08. The molecule has 2 unspecified atom stereocenters. The van der Waals surface area contributed by atoms with E-state index in [2.05, 4.69) is 5.32 Å². The van der Waals surface area contributed by atoms with E-state index in [4.69, 9.17) is 4.74 Å². The summed E-state index contributed by atoms with van der Waals surface area (Å²) in [6.45, 7) is 3.82. The van der Waals surface area contributed by atoms with Crippen LogP contribution < -0.4 is 5.32 Å². The summed E-state index contributed by atoms with van der Waals surface area (Å²) < 4.78 is 43.1. The van der Waals surface area contributed by atoms with Gasteiger partial charge in [0.2, 0.25) is 5.91 Å². The van der Waals surface area contributed by atoms with Crippen molar-refractivity contribution < 1.29 is 22.7 Å². The van der Waals surface area contributed by atoms with Crippen LogP contribution in [0.15, 0.2) is 11.6 Å². The number of nitrogens with zero attached hydrogens (tertiary/aromatic N) is 1. The van der Waals surface area contributed by atoms with Gasteiger partial charge in [0, 0.05) is 24.7 Å². The molecule has 0 spiro atoms. The fraction of sp³-hybridized carbons (Fsp3) is 0.786. The molecule has 2 rings (SSSR count). The van der Waals surface area contributed by atoms with Crippen molar-refractivity contribution in [3.63, 3.8) is 0 Å². The molecule has 2 aliphatic heterocycles. The number of hydrogen-bond donors (Lipinski definition) is 1. The van der Waals surface area contributed by atoms with Crippen LogP contribution >= 0.6 is 0 Å². The highest BCUT2D eigenvalue weighted by molar-refractivity contribution is 5.80. The Bertz CT molecular complexity index is 410. The van der Waals surface area contributed by atoms with E-state index in [1.54, 1.807) is 0 Å². The zero-order chi connectivity index (χ0) is 15.5. The summed E-state index contributed by atoms with van der Waals surface area (Å²) in [7, 11) is 0. The van der Waals surface area contributed by atoms with Gasteiger partial charge in [0.1, 0.15) is 0 Å². The largest absolute Gasteiger partial charge is 0.412 e. The molecule has 4 nitrogen and oxygen atoms in total. The minimum atomic E-state index is -4.28. The predicted octanol–water partition coefficient (Wildman–Crippen LogP) is 1.72. The SMILES string of the molecule is CCCNC1COCC1C(=O)N1CC=C(C(F)(F)F)CC1. The highest BCUT2D eigenvalue weighted by atomic mass is 19.4. The standard InChI is InChI=1S/C14H21F3N2O2/c1-2-5-18-12-9-21-8-11(12)13(20)19-6-3-10(4-7-19)14(15,16)17/h3,11-12,18H,2,4-9H2,1H3. The van der Waals surface area contributed by atoms with Crippen molar-refractivity contribution in [3.05, 3.63) is 11.6 Å². The van der Waals surface area contributed by atoms with E-state index >= 15 is 0 Å². The molecule has 0 aromatic carbocycles. The van der Waals surface area contributed by atoms with Gasteiger partial charge in [-0.2, -0.15) is 13.2 Å². The van der Waals surface area contributed by atoms with Crippen molar-refractivity contribution >= 4 is 5.91 Å². The summed E-state index contributed by atoms with van der Waals surface area (Å²) >= 11 is 0. The van der Waals surface area contributed by atoms with Gasteiger partial charge in [-0.1, -0.05) is 13.0 Å². The summed E-state index contributed by atoms with van der Waals surface area (Å²) in [5.74, 6) is -0.407. The van der Waals surface area contributed by atoms with Gasteiger partial charge in [-0.05, 0) is 19.4 Å². The van der Waals surface area contributed by atoms with E-state index < -0.39 is 11.7 Å². The molecule has 0 aromatic rings. The van der Waals surface area contributed by atoms with E-state index in [1.807, 2.05) is 6.92 Å². The third-order valence-corrected chi connectivity index (χ3v) is 3.94. The van der Waals surface area contributed by atoms with Crippen LogP contribution in [0, 0.1) is 5.92 Å². The number of ether oxygens (including phenoxy) is 1. The lowest BCUT2D eigenvalue weighted by Gasteiger charge is -2.30. The molecule has 2 heterocycles. The zero-order valence-electron chi connectivity index (χ0n) is 12.1. The van der Waals surface area contributed by atoms with Crippen molar-refractivity contribution in [2.75, 3.05) is 32.8 Å². The van der Waals surface area contributed by atoms with E-state index in [0.29, 0.717) is 13.2 Å². The Balaban J connectivity index is 1.94. The number of carbonyl (C=O) groups excluding carboxylic acids is 1. The molecular formula is C14H21F3N2O2. The maximum atomic E-state index is 12.6. The van der Waals surface area contributed by atoms with Crippen LogP contribution in [0.4, 0.5) is 13.2 Å². The van der Waals surface area contributed by atoms with Gasteiger partial charge >= 0.3 is 6.18 Å². The molecule has 1 fully saturated rings. The minimum Gasteiger partial charge on any atom is -0.379 e. The number of alkyl halides is 3. The van der Waals surface area contributed by atoms with Crippen molar-refractivity contribution in [1.29, 1.82) is 0 Å². The lowest BCUT2D eigenvalue weighted by atomic mass is 9.99. The third kappa shape index (κ3) is 3.97. The zero-order valence-corrected chi connectivity index (χ0v) is 12.1. The van der Waals surface area contributed by atoms with Gasteiger partial charge in [-0.15, -0.1) is 0 Å². The topological polar surface area (TPSA) is 41.6 Å². The second-order valence-corrected chi connectivity index (χ2v) is 5.47. The maximum absolute atomic E-state index is 12.6. The van der Waals surface area contributed by atoms with Crippen LogP contribution in [0.1, 0.15) is 19.8 Å². The Morgan fingerprint density at radius 1 is 1.48 bits per heavy atom. The molecule has 0 aliphatic carbocycles. The number of nitrogens with one attached hydrogen (secondary N) is 1. The summed E-state index contributed by atoms with van der Waals surface area (Å²) in [4.78, 5) is 13.9. The van der Waals surface area contributed by atoms with Gasteiger partial charge in [0.25, 0.3) is 0 Å². The molecule has 120 valence electrons. The first kappa shape index (κ1) is 16.3. The minimum absolute atomic E-state index is 0.0324. The van der Waals surface area contributed by atoms with Crippen molar-refractivity contribution in [2.45, 2.75) is 32.0 Å². The Kier molecular flexibility index (Phi) is 5.27. The molecule has 2 atom stereocenters. The molecular weight excluding hydrogens is 285 g/mol. The molecule has 0 bridgehead atoms. The fourth-order valence-corrected chi connectivity index (χ4v) is 2.69. The van der Waals surface area contributed by atoms with Gasteiger partial charge < -0.3 is 15.0 Å². The number of hydrogen-bond acceptors (Lipinski definition) is 3. The van der Waals surface area contributed by atoms with E-state index in [1.165, 1.54) is 4.90 Å². The molecule has 1 saturated heterocycles. The van der Waals surface area contributed by atoms with Crippen LogP contribution in [-0.4, -0.2) is 55.9 Å². The predicted molar refractivity (Wildman–Crippen MR) is 71.7 cm³/mol. The smallest absolute Gasteiger partial charge is 0.379 e. The molecule has 21 heavy (non-hydrogen) atoms. The van der Waals surface area contributed by atoms with Gasteiger partial charge in [0.05, 0.1) is 19.1 Å². The first-order valence-corrected chi connectivity index (χ1v) is 7.29. The normalized spacial score (nSPS) is 26.9. The van der Waals surface area contributed by atoms with E-state index in [-0.39, 0.29) is 37.4 Å². The van der Waals surface area contributed by atoms with Crippen molar-refractivity contribution in [2.24, 2.45) is 5.92 Å². The second kappa shape index (κ2) is 6.79. The molecule has 7 heteroatoms. The number of halogens is 3. The van der Waals surface area contributed by atoms with E-state index in [0.717, 1.165) is 19.0 Å². The highest BCUT2D eigenvalue weighted by Crippen LogP contribution is 2.30. The Morgan fingerprint density at radius 2 is 2.24 bits per heavy atom. The number of carbonyl (C=O) groups is 1. The van der Waals surface area contributed by atoms with Crippen LogP contribution in [0.2, 0.25) is 0 Å². The first-order valence-electron chi connectivity index (χ1n) is 7.29. The highest BCUT2D eigenvalue weighted by Gasteiger charge is 2.39. The maximum Gasteiger partial charge on any atom is 0.412 e. The van der Waals surface area contributed by atoms with Crippen LogP contribution in [-0.2, 0) is 9.53 Å². The van der Waals surface area contributed by atoms with Crippen molar-refractivity contribution in [3.8, 4) is 0 Å². The second-order valence-electron chi connectivity index (χ2n) is 5.47. The lowest BCUT2D eigenvalue weighted by Crippen LogP contribution is -2.47. The van der Waals surface area contributed by atoms with Gasteiger partial charge in [-0.25, -0.2) is 0 Å². The molecule has 0 radical (unpaired) electrons. The molecule has 0 saturated carbocycles. The molecule has 1 N–H and O–H groups in total. The quantitative estimate of drug-likeness (QED) is 0.804. The average Bonchev–Trinajstić information content (AvgIpc) is 2.92. The number of rotatable bonds is 4. The Labute approximate surface area is 122 Å². The fourth-order valence-electron chi connectivity index (χ4n) is 2.69. The molecule has 0 aromatic heterocycles. The average molecular weight is 306 g/mol. The first-order chi connectivity index (χ1) is 9.93. The number of amides is 1. The van der Waals surface area contributed by atoms with Crippen LogP contribution in [0.25, 0.3) is 0 Å². The lowest BCUT2D eigenvalue weighted by molar-refractivity contribution is -0.136. The monoisotopic (exact) mass is 306 g/mol. The van der Waals surface area contributed by atoms with Crippen LogP contribution in [0.5, 0.6) is 0 Å². The molecule has 2 aliphatic rings. The van der Waals surface area contributed by atoms with E-state index in [9.17, 15) is 18.0 Å². The third-order valence-electron chi connectivity index (χ3n) is 3.94. The van der Waals surface area contributed by atoms with Gasteiger partial charge in [-0.3, -0.25) is 4.79 Å². The van der Waals surface area contributed by atoms with Gasteiger partial charge in [0.15, 0.2) is 0 Å². The summed E-state index contributed by atoms with van der Waals surface area (Å²) in [6.07, 6.45) is -2.34. The Morgan fingerprint density at radius 3 is 2.81 bits per heavy atom. The molecule has 1 amide bonds. The summed E-state index contributed by atoms with van der Waals surface area (Å²) in [6, 6.07) is -0.0366. The summed E-state index contributed by atoms with van der Waals surface area (Å²) in [5, 5.41) is 3.27. The van der Waals surface area contributed by atoms with Crippen molar-refractivity contribution in [1.82, 2.24) is 10.2 Å². The summed E-state index contributed by atoms with van der Waals surface area (Å²) in [5.41, 5.74) is -0.533.